The number of carbonyl (C=O) groups is 2. The van der Waals surface area contributed by atoms with Gasteiger partial charge in [0, 0.05) is 13.2 Å². The van der Waals surface area contributed by atoms with Crippen LogP contribution < -0.4 is 0 Å². The molecule has 0 saturated carbocycles. The molecule has 0 bridgehead atoms. The highest BCUT2D eigenvalue weighted by atomic mass is 16.5. The number of carbonyl (C=O) groups excluding carboxylic acids is 2. The van der Waals surface area contributed by atoms with Crippen molar-refractivity contribution in [3.8, 4) is 0 Å². The SMILES string of the molecule is CC(=O)C1=C(O)C(=O)N(CCCOC(C)C)[C@@H]1c1ccc(C(C)C)cc1. The first-order chi connectivity index (χ1) is 12.2. The van der Waals surface area contributed by atoms with Gasteiger partial charge in [0.1, 0.15) is 0 Å². The van der Waals surface area contributed by atoms with Gasteiger partial charge in [0.2, 0.25) is 0 Å². The van der Waals surface area contributed by atoms with Gasteiger partial charge in [-0.15, -0.1) is 0 Å². The van der Waals surface area contributed by atoms with Crippen LogP contribution >= 0.6 is 0 Å². The van der Waals surface area contributed by atoms with Crippen LogP contribution in [0.3, 0.4) is 0 Å². The molecule has 0 aromatic heterocycles. The Bertz CT molecular complexity index is 688. The van der Waals surface area contributed by atoms with Crippen LogP contribution in [0.2, 0.25) is 0 Å². The van der Waals surface area contributed by atoms with Crippen LogP contribution in [0.1, 0.15) is 64.1 Å². The van der Waals surface area contributed by atoms with E-state index in [2.05, 4.69) is 13.8 Å². The van der Waals surface area contributed by atoms with Crippen molar-refractivity contribution < 1.29 is 19.4 Å². The quantitative estimate of drug-likeness (QED) is 0.715. The Hall–Kier alpha value is -2.14. The molecule has 0 radical (unpaired) electrons. The second-order valence-corrected chi connectivity index (χ2v) is 7.31. The van der Waals surface area contributed by atoms with Crippen molar-refractivity contribution in [2.75, 3.05) is 13.2 Å². The number of Topliss-reactive ketones (excluding diaryl/α,β-unsaturated/α-hetero) is 1. The Kier molecular flexibility index (Phi) is 6.59. The fraction of sp³-hybridized carbons (Fsp3) is 0.524. The van der Waals surface area contributed by atoms with Crippen LogP contribution in [0.15, 0.2) is 35.6 Å². The lowest BCUT2D eigenvalue weighted by atomic mass is 9.94. The summed E-state index contributed by atoms with van der Waals surface area (Å²) in [5.41, 5.74) is 2.20. The molecule has 0 spiro atoms. The standard InChI is InChI=1S/C21H29NO4/c1-13(2)16-7-9-17(10-8-16)19-18(15(5)23)20(24)21(25)22(19)11-6-12-26-14(3)4/h7-10,13-14,19,24H,6,11-12H2,1-5H3/t19-/m1/s1. The van der Waals surface area contributed by atoms with Crippen molar-refractivity contribution in [3.63, 3.8) is 0 Å². The van der Waals surface area contributed by atoms with Gasteiger partial charge in [0.25, 0.3) is 5.91 Å². The Labute approximate surface area is 155 Å². The zero-order chi connectivity index (χ0) is 19.4. The molecule has 1 heterocycles. The molecule has 1 aromatic rings. The summed E-state index contributed by atoms with van der Waals surface area (Å²) in [5, 5.41) is 10.3. The molecular formula is C21H29NO4. The fourth-order valence-electron chi connectivity index (χ4n) is 3.21. The van der Waals surface area contributed by atoms with Crippen LogP contribution in [0.4, 0.5) is 0 Å². The van der Waals surface area contributed by atoms with Gasteiger partial charge in [-0.25, -0.2) is 0 Å². The zero-order valence-corrected chi connectivity index (χ0v) is 16.3. The summed E-state index contributed by atoms with van der Waals surface area (Å²) in [6.07, 6.45) is 0.770. The molecule has 1 amide bonds. The molecule has 26 heavy (non-hydrogen) atoms. The molecule has 0 aliphatic carbocycles. The molecule has 1 atom stereocenters. The van der Waals surface area contributed by atoms with Crippen molar-refractivity contribution in [1.29, 1.82) is 0 Å². The lowest BCUT2D eigenvalue weighted by Crippen LogP contribution is -2.32. The number of benzene rings is 1. The lowest BCUT2D eigenvalue weighted by molar-refractivity contribution is -0.129. The number of ketones is 1. The highest BCUT2D eigenvalue weighted by molar-refractivity contribution is 6.08. The van der Waals surface area contributed by atoms with Crippen LogP contribution in [0.5, 0.6) is 0 Å². The predicted octanol–water partition coefficient (Wildman–Crippen LogP) is 3.91. The maximum Gasteiger partial charge on any atom is 0.290 e. The first-order valence-corrected chi connectivity index (χ1v) is 9.20. The Morgan fingerprint density at radius 2 is 1.81 bits per heavy atom. The minimum absolute atomic E-state index is 0.128. The van der Waals surface area contributed by atoms with E-state index in [9.17, 15) is 14.7 Å². The maximum atomic E-state index is 12.5. The van der Waals surface area contributed by atoms with Gasteiger partial charge in [0.05, 0.1) is 17.7 Å². The predicted molar refractivity (Wildman–Crippen MR) is 101 cm³/mol. The monoisotopic (exact) mass is 359 g/mol. The Morgan fingerprint density at radius 3 is 2.31 bits per heavy atom. The van der Waals surface area contributed by atoms with Crippen LogP contribution in [0.25, 0.3) is 0 Å². The van der Waals surface area contributed by atoms with Gasteiger partial charge in [-0.05, 0) is 44.2 Å². The third-order valence-corrected chi connectivity index (χ3v) is 4.60. The number of hydrogen-bond donors (Lipinski definition) is 1. The van der Waals surface area contributed by atoms with Gasteiger partial charge in [-0.3, -0.25) is 9.59 Å². The number of amides is 1. The second-order valence-electron chi connectivity index (χ2n) is 7.31. The molecule has 1 N–H and O–H groups in total. The number of aliphatic hydroxyl groups is 1. The van der Waals surface area contributed by atoms with E-state index in [1.807, 2.05) is 38.1 Å². The van der Waals surface area contributed by atoms with Gasteiger partial charge in [-0.1, -0.05) is 38.1 Å². The third kappa shape index (κ3) is 4.33. The van der Waals surface area contributed by atoms with Crippen molar-refractivity contribution in [2.24, 2.45) is 0 Å². The molecule has 142 valence electrons. The average molecular weight is 359 g/mol. The largest absolute Gasteiger partial charge is 0.503 e. The molecule has 1 aromatic carbocycles. The van der Waals surface area contributed by atoms with E-state index in [1.54, 1.807) is 4.90 Å². The maximum absolute atomic E-state index is 12.5. The van der Waals surface area contributed by atoms with E-state index < -0.39 is 17.7 Å². The summed E-state index contributed by atoms with van der Waals surface area (Å²) in [7, 11) is 0. The smallest absolute Gasteiger partial charge is 0.290 e. The van der Waals surface area contributed by atoms with Crippen LogP contribution in [0, 0.1) is 0 Å². The topological polar surface area (TPSA) is 66.8 Å². The van der Waals surface area contributed by atoms with Gasteiger partial charge < -0.3 is 14.7 Å². The molecule has 5 heteroatoms. The Balaban J connectivity index is 2.28. The van der Waals surface area contributed by atoms with Crippen molar-refractivity contribution in [1.82, 2.24) is 4.90 Å². The summed E-state index contributed by atoms with van der Waals surface area (Å²) in [4.78, 5) is 26.2. The van der Waals surface area contributed by atoms with Crippen LogP contribution in [-0.2, 0) is 14.3 Å². The van der Waals surface area contributed by atoms with Gasteiger partial charge in [0.15, 0.2) is 11.5 Å². The molecular weight excluding hydrogens is 330 g/mol. The first kappa shape index (κ1) is 20.2. The minimum atomic E-state index is -0.541. The minimum Gasteiger partial charge on any atom is -0.503 e. The number of aliphatic hydroxyl groups excluding tert-OH is 1. The summed E-state index contributed by atoms with van der Waals surface area (Å²) >= 11 is 0. The van der Waals surface area contributed by atoms with E-state index in [0.29, 0.717) is 25.5 Å². The first-order valence-electron chi connectivity index (χ1n) is 9.20. The average Bonchev–Trinajstić information content (AvgIpc) is 2.83. The normalized spacial score (nSPS) is 17.7. The number of ether oxygens (including phenoxy) is 1. The van der Waals surface area contributed by atoms with Gasteiger partial charge in [-0.2, -0.15) is 0 Å². The van der Waals surface area contributed by atoms with E-state index in [0.717, 1.165) is 5.56 Å². The van der Waals surface area contributed by atoms with Crippen molar-refractivity contribution >= 4 is 11.7 Å². The van der Waals surface area contributed by atoms with E-state index in [4.69, 9.17) is 4.74 Å². The molecule has 0 saturated heterocycles. The summed E-state index contributed by atoms with van der Waals surface area (Å²) in [6.45, 7) is 10.5. The van der Waals surface area contributed by atoms with E-state index in [-0.39, 0.29) is 17.5 Å². The molecule has 1 aliphatic heterocycles. The number of nitrogens with zero attached hydrogens (tertiary/aromatic N) is 1. The molecule has 2 rings (SSSR count). The van der Waals surface area contributed by atoms with Gasteiger partial charge >= 0.3 is 0 Å². The summed E-state index contributed by atoms with van der Waals surface area (Å²) in [6, 6.07) is 7.36. The third-order valence-electron chi connectivity index (χ3n) is 4.60. The van der Waals surface area contributed by atoms with Crippen molar-refractivity contribution in [3.05, 3.63) is 46.7 Å². The van der Waals surface area contributed by atoms with E-state index >= 15 is 0 Å². The van der Waals surface area contributed by atoms with E-state index in [1.165, 1.54) is 12.5 Å². The molecule has 0 fully saturated rings. The zero-order valence-electron chi connectivity index (χ0n) is 16.3. The molecule has 0 unspecified atom stereocenters. The fourth-order valence-corrected chi connectivity index (χ4v) is 3.21. The number of hydrogen-bond acceptors (Lipinski definition) is 4. The van der Waals surface area contributed by atoms with Crippen molar-refractivity contribution in [2.45, 2.75) is 59.1 Å². The number of rotatable bonds is 8. The Morgan fingerprint density at radius 1 is 1.19 bits per heavy atom. The second kappa shape index (κ2) is 8.49. The summed E-state index contributed by atoms with van der Waals surface area (Å²) < 4.78 is 5.54. The van der Waals surface area contributed by atoms with Crippen LogP contribution in [-0.4, -0.2) is 41.0 Å². The molecule has 5 nitrogen and oxygen atoms in total. The molecule has 1 aliphatic rings. The highest BCUT2D eigenvalue weighted by Crippen LogP contribution is 2.38. The summed E-state index contributed by atoms with van der Waals surface area (Å²) in [5.74, 6) is -0.803. The lowest BCUT2D eigenvalue weighted by Gasteiger charge is -2.27. The highest BCUT2D eigenvalue weighted by Gasteiger charge is 2.41.